The second kappa shape index (κ2) is 8.39. The summed E-state index contributed by atoms with van der Waals surface area (Å²) < 4.78 is 33.6. The van der Waals surface area contributed by atoms with E-state index < -0.39 is 18.6 Å². The molecule has 2 aromatic heterocycles. The first-order chi connectivity index (χ1) is 14.5. The van der Waals surface area contributed by atoms with Crippen molar-refractivity contribution in [2.45, 2.75) is 18.4 Å². The summed E-state index contributed by atoms with van der Waals surface area (Å²) in [6, 6.07) is 12.1. The zero-order valence-electron chi connectivity index (χ0n) is 15.8. The third-order valence-electron chi connectivity index (χ3n) is 4.67. The Labute approximate surface area is 171 Å². The monoisotopic (exact) mass is 408 g/mol. The minimum Gasteiger partial charge on any atom is -0.483 e. The van der Waals surface area contributed by atoms with E-state index in [2.05, 4.69) is 25.6 Å². The number of nitrogens with one attached hydrogen (secondary N) is 2. The maximum atomic E-state index is 14.1. The van der Waals surface area contributed by atoms with Crippen LogP contribution in [0.4, 0.5) is 20.4 Å². The van der Waals surface area contributed by atoms with Crippen molar-refractivity contribution in [1.82, 2.24) is 20.3 Å². The van der Waals surface area contributed by atoms with Crippen LogP contribution in [0.2, 0.25) is 0 Å². The molecule has 4 rings (SSSR count). The Morgan fingerprint density at radius 1 is 1.17 bits per heavy atom. The van der Waals surface area contributed by atoms with Crippen LogP contribution < -0.4 is 15.4 Å². The third-order valence-corrected chi connectivity index (χ3v) is 4.67. The number of piperidine rings is 1. The van der Waals surface area contributed by atoms with Crippen molar-refractivity contribution in [3.05, 3.63) is 60.6 Å². The summed E-state index contributed by atoms with van der Waals surface area (Å²) in [6.07, 6.45) is 3.78. The van der Waals surface area contributed by atoms with Crippen molar-refractivity contribution in [2.75, 3.05) is 18.4 Å². The summed E-state index contributed by atoms with van der Waals surface area (Å²) >= 11 is 0. The molecule has 0 spiro atoms. The van der Waals surface area contributed by atoms with Crippen LogP contribution in [0.5, 0.6) is 5.75 Å². The van der Waals surface area contributed by atoms with Crippen LogP contribution in [0.15, 0.2) is 55.0 Å². The fraction of sp³-hybridized carbons (Fsp3) is 0.238. The van der Waals surface area contributed by atoms with Crippen LogP contribution in [0.3, 0.4) is 0 Å². The Kier molecular flexibility index (Phi) is 5.50. The van der Waals surface area contributed by atoms with Crippen LogP contribution in [0.25, 0.3) is 11.3 Å². The van der Waals surface area contributed by atoms with E-state index in [1.165, 1.54) is 6.07 Å². The summed E-state index contributed by atoms with van der Waals surface area (Å²) in [5, 5.41) is 15.2. The Hall–Kier alpha value is -3.64. The van der Waals surface area contributed by atoms with Gasteiger partial charge >= 0.3 is 0 Å². The number of rotatable bonds is 5. The first kappa shape index (κ1) is 19.7. The second-order valence-electron chi connectivity index (χ2n) is 6.78. The van der Waals surface area contributed by atoms with Gasteiger partial charge in [-0.1, -0.05) is 0 Å². The van der Waals surface area contributed by atoms with Crippen molar-refractivity contribution in [2.24, 2.45) is 0 Å². The maximum Gasteiger partial charge on any atom is 0.296 e. The Bertz CT molecular complexity index is 1070. The van der Waals surface area contributed by atoms with E-state index in [9.17, 15) is 14.0 Å². The van der Waals surface area contributed by atoms with E-state index >= 15 is 0 Å². The van der Waals surface area contributed by atoms with Gasteiger partial charge < -0.3 is 15.4 Å². The van der Waals surface area contributed by atoms with E-state index in [1.807, 2.05) is 6.07 Å². The molecule has 0 saturated carbocycles. The van der Waals surface area contributed by atoms with Crippen molar-refractivity contribution >= 4 is 11.6 Å². The summed E-state index contributed by atoms with van der Waals surface area (Å²) in [4.78, 5) is 12.6. The largest absolute Gasteiger partial charge is 0.483 e. The van der Waals surface area contributed by atoms with Gasteiger partial charge in [-0.2, -0.15) is 5.26 Å². The van der Waals surface area contributed by atoms with Crippen LogP contribution in [-0.4, -0.2) is 40.1 Å². The number of alkyl halides is 2. The molecule has 1 unspecified atom stereocenters. The topological polar surface area (TPSA) is 95.8 Å². The summed E-state index contributed by atoms with van der Waals surface area (Å²) in [6.45, 7) is 0.000240. The van der Waals surface area contributed by atoms with Crippen molar-refractivity contribution in [3.8, 4) is 23.1 Å². The molecule has 1 aromatic carbocycles. The maximum absolute atomic E-state index is 14.1. The second-order valence-corrected chi connectivity index (χ2v) is 6.78. The highest BCUT2D eigenvalue weighted by molar-refractivity contribution is 5.65. The average molecular weight is 408 g/mol. The molecule has 1 saturated heterocycles. The van der Waals surface area contributed by atoms with Gasteiger partial charge in [0.2, 0.25) is 5.95 Å². The quantitative estimate of drug-likeness (QED) is 0.667. The molecule has 0 radical (unpaired) electrons. The van der Waals surface area contributed by atoms with Gasteiger partial charge in [-0.15, -0.1) is 0 Å². The molecule has 0 bridgehead atoms. The Morgan fingerprint density at radius 3 is 2.77 bits per heavy atom. The van der Waals surface area contributed by atoms with Crippen molar-refractivity contribution in [3.63, 3.8) is 0 Å². The zero-order chi connectivity index (χ0) is 21.0. The summed E-state index contributed by atoms with van der Waals surface area (Å²) in [5.74, 6) is -2.48. The van der Waals surface area contributed by atoms with Crippen LogP contribution >= 0.6 is 0 Å². The Morgan fingerprint density at radius 2 is 2.00 bits per heavy atom. The predicted molar refractivity (Wildman–Crippen MR) is 107 cm³/mol. The number of benzene rings is 1. The van der Waals surface area contributed by atoms with Gasteiger partial charge in [0.05, 0.1) is 17.8 Å². The molecule has 1 aliphatic rings. The molecule has 0 aliphatic carbocycles. The zero-order valence-corrected chi connectivity index (χ0v) is 15.8. The molecule has 9 heteroatoms. The standard InChI is InChI=1S/C21H18F2N6O/c22-21(23)13-26-9-6-19(21)30-18-2-1-14(11-15(18)12-24)17-5-10-27-20(29-17)28-16-3-7-25-8-4-16/h1-5,7-8,10-11,19,26H,6,9,13H2,(H,25,27,28,29). The first-order valence-electron chi connectivity index (χ1n) is 9.35. The molecule has 2 N–H and O–H groups in total. The number of hydrogen-bond acceptors (Lipinski definition) is 7. The van der Waals surface area contributed by atoms with Crippen molar-refractivity contribution < 1.29 is 13.5 Å². The summed E-state index contributed by atoms with van der Waals surface area (Å²) in [7, 11) is 0. The van der Waals surface area contributed by atoms with Gasteiger partial charge in [-0.05, 0) is 42.9 Å². The average Bonchev–Trinajstić information content (AvgIpc) is 2.76. The lowest BCUT2D eigenvalue weighted by Gasteiger charge is -2.32. The lowest BCUT2D eigenvalue weighted by atomic mass is 10.0. The molecule has 1 atom stereocenters. The number of anilines is 2. The minimum atomic E-state index is -3.00. The van der Waals surface area contributed by atoms with Crippen LogP contribution in [0, 0.1) is 11.3 Å². The fourth-order valence-corrected chi connectivity index (χ4v) is 3.14. The SMILES string of the molecule is N#Cc1cc(-c2ccnc(Nc3ccncc3)n2)ccc1OC1CCNCC1(F)F. The number of ether oxygens (including phenoxy) is 1. The van der Waals surface area contributed by atoms with Crippen LogP contribution in [-0.2, 0) is 0 Å². The van der Waals surface area contributed by atoms with Gasteiger partial charge in [-0.25, -0.2) is 18.7 Å². The third kappa shape index (κ3) is 4.34. The molecule has 1 fully saturated rings. The normalized spacial score (nSPS) is 17.7. The lowest BCUT2D eigenvalue weighted by molar-refractivity contribution is -0.109. The van der Waals surface area contributed by atoms with Gasteiger partial charge in [0, 0.05) is 36.3 Å². The van der Waals surface area contributed by atoms with Gasteiger partial charge in [0.25, 0.3) is 5.92 Å². The smallest absolute Gasteiger partial charge is 0.296 e. The molecule has 0 amide bonds. The van der Waals surface area contributed by atoms with E-state index in [-0.39, 0.29) is 17.7 Å². The van der Waals surface area contributed by atoms with Crippen LogP contribution in [0.1, 0.15) is 12.0 Å². The number of hydrogen-bond donors (Lipinski definition) is 2. The number of nitriles is 1. The number of halogens is 2. The molecular formula is C21H18F2N6O. The van der Waals surface area contributed by atoms with Gasteiger partial charge in [-0.3, -0.25) is 4.98 Å². The Balaban J connectivity index is 1.57. The predicted octanol–water partition coefficient (Wildman–Crippen LogP) is 3.53. The molecule has 3 heterocycles. The number of nitrogens with zero attached hydrogens (tertiary/aromatic N) is 4. The van der Waals surface area contributed by atoms with Crippen molar-refractivity contribution in [1.29, 1.82) is 5.26 Å². The fourth-order valence-electron chi connectivity index (χ4n) is 3.14. The number of pyridine rings is 1. The molecule has 7 nitrogen and oxygen atoms in total. The van der Waals surface area contributed by atoms with E-state index in [0.29, 0.717) is 23.8 Å². The minimum absolute atomic E-state index is 0.136. The van der Waals surface area contributed by atoms with E-state index in [4.69, 9.17) is 4.74 Å². The highest BCUT2D eigenvalue weighted by Gasteiger charge is 2.43. The van der Waals surface area contributed by atoms with E-state index in [0.717, 1.165) is 5.69 Å². The molecule has 152 valence electrons. The molecule has 1 aliphatic heterocycles. The molecule has 30 heavy (non-hydrogen) atoms. The van der Waals surface area contributed by atoms with Gasteiger partial charge in [0.1, 0.15) is 11.8 Å². The molecule has 3 aromatic rings. The summed E-state index contributed by atoms with van der Waals surface area (Å²) in [5.41, 5.74) is 2.18. The highest BCUT2D eigenvalue weighted by Crippen LogP contribution is 2.31. The first-order valence-corrected chi connectivity index (χ1v) is 9.35. The number of aromatic nitrogens is 3. The lowest BCUT2D eigenvalue weighted by Crippen LogP contribution is -2.52. The van der Waals surface area contributed by atoms with Gasteiger partial charge in [0.15, 0.2) is 6.10 Å². The molecular weight excluding hydrogens is 390 g/mol. The highest BCUT2D eigenvalue weighted by atomic mass is 19.3. The van der Waals surface area contributed by atoms with E-state index in [1.54, 1.807) is 48.9 Å².